The van der Waals surface area contributed by atoms with Gasteiger partial charge >= 0.3 is 0 Å². The lowest BCUT2D eigenvalue weighted by atomic mass is 10.3. The maximum Gasteiger partial charge on any atom is 0.0921 e. The van der Waals surface area contributed by atoms with Crippen molar-refractivity contribution in [3.63, 3.8) is 0 Å². The van der Waals surface area contributed by atoms with Crippen molar-refractivity contribution in [2.24, 2.45) is 5.73 Å². The third-order valence-corrected chi connectivity index (χ3v) is 1.76. The molecule has 0 bridgehead atoms. The minimum Gasteiger partial charge on any atom is -0.348 e. The molecule has 1 aliphatic carbocycles. The van der Waals surface area contributed by atoms with Crippen LogP contribution in [0.3, 0.4) is 0 Å². The van der Waals surface area contributed by atoms with E-state index in [0.29, 0.717) is 12.0 Å². The SMILES string of the molecule is NC1C[C@@H]1c1cnc[nH]1. The summed E-state index contributed by atoms with van der Waals surface area (Å²) in [5, 5.41) is 0. The lowest BCUT2D eigenvalue weighted by Crippen LogP contribution is -2.00. The average molecular weight is 123 g/mol. The summed E-state index contributed by atoms with van der Waals surface area (Å²) >= 11 is 0. The third-order valence-electron chi connectivity index (χ3n) is 1.76. The number of imidazole rings is 1. The predicted molar refractivity (Wildman–Crippen MR) is 33.9 cm³/mol. The Bertz CT molecular complexity index is 192. The molecular formula is C6H9N3. The number of aromatic amines is 1. The molecule has 1 heterocycles. The van der Waals surface area contributed by atoms with Crippen molar-refractivity contribution >= 4 is 0 Å². The van der Waals surface area contributed by atoms with Gasteiger partial charge in [0.05, 0.1) is 6.33 Å². The highest BCUT2D eigenvalue weighted by Crippen LogP contribution is 2.37. The zero-order chi connectivity index (χ0) is 6.27. The van der Waals surface area contributed by atoms with Gasteiger partial charge < -0.3 is 10.7 Å². The first-order valence-electron chi connectivity index (χ1n) is 3.12. The third kappa shape index (κ3) is 0.733. The molecule has 0 spiro atoms. The van der Waals surface area contributed by atoms with Gasteiger partial charge in [0.2, 0.25) is 0 Å². The molecule has 1 aromatic rings. The monoisotopic (exact) mass is 123 g/mol. The fourth-order valence-corrected chi connectivity index (χ4v) is 1.04. The molecule has 1 saturated carbocycles. The van der Waals surface area contributed by atoms with Crippen LogP contribution in [0, 0.1) is 0 Å². The van der Waals surface area contributed by atoms with Crippen LogP contribution in [0.15, 0.2) is 12.5 Å². The molecule has 2 atom stereocenters. The molecule has 0 aliphatic heterocycles. The van der Waals surface area contributed by atoms with Crippen LogP contribution in [0.5, 0.6) is 0 Å². The summed E-state index contributed by atoms with van der Waals surface area (Å²) in [6.07, 6.45) is 4.65. The second kappa shape index (κ2) is 1.57. The van der Waals surface area contributed by atoms with E-state index in [9.17, 15) is 0 Å². The Kier molecular flexibility index (Phi) is 0.873. The highest BCUT2D eigenvalue weighted by molar-refractivity contribution is 5.16. The van der Waals surface area contributed by atoms with E-state index >= 15 is 0 Å². The molecule has 0 saturated heterocycles. The molecular weight excluding hydrogens is 114 g/mol. The molecule has 1 aliphatic rings. The average Bonchev–Trinajstić information content (AvgIpc) is 2.44. The van der Waals surface area contributed by atoms with Gasteiger partial charge in [-0.2, -0.15) is 0 Å². The number of rotatable bonds is 1. The molecule has 0 radical (unpaired) electrons. The Balaban J connectivity index is 2.18. The van der Waals surface area contributed by atoms with Gasteiger partial charge in [0.25, 0.3) is 0 Å². The number of hydrogen-bond acceptors (Lipinski definition) is 2. The van der Waals surface area contributed by atoms with E-state index in [1.54, 1.807) is 6.33 Å². The van der Waals surface area contributed by atoms with Crippen LogP contribution < -0.4 is 5.73 Å². The highest BCUT2D eigenvalue weighted by Gasteiger charge is 2.35. The van der Waals surface area contributed by atoms with Gasteiger partial charge in [-0.3, -0.25) is 0 Å². The number of nitrogens with two attached hydrogens (primary N) is 1. The van der Waals surface area contributed by atoms with Crippen LogP contribution in [0.4, 0.5) is 0 Å². The first kappa shape index (κ1) is 4.99. The Morgan fingerprint density at radius 2 is 2.56 bits per heavy atom. The summed E-state index contributed by atoms with van der Waals surface area (Å²) in [5.41, 5.74) is 6.79. The second-order valence-electron chi connectivity index (χ2n) is 2.51. The van der Waals surface area contributed by atoms with Crippen molar-refractivity contribution in [1.29, 1.82) is 0 Å². The van der Waals surface area contributed by atoms with E-state index in [2.05, 4.69) is 9.97 Å². The predicted octanol–water partition coefficient (Wildman–Crippen LogP) is 0.224. The van der Waals surface area contributed by atoms with Crippen LogP contribution >= 0.6 is 0 Å². The van der Waals surface area contributed by atoms with E-state index in [4.69, 9.17) is 5.73 Å². The molecule has 2 rings (SSSR count). The van der Waals surface area contributed by atoms with Crippen molar-refractivity contribution in [3.05, 3.63) is 18.2 Å². The first-order valence-corrected chi connectivity index (χ1v) is 3.12. The molecule has 9 heavy (non-hydrogen) atoms. The van der Waals surface area contributed by atoms with E-state index in [-0.39, 0.29) is 0 Å². The molecule has 3 nitrogen and oxygen atoms in total. The minimum atomic E-state index is 0.380. The van der Waals surface area contributed by atoms with Crippen molar-refractivity contribution in [1.82, 2.24) is 9.97 Å². The molecule has 1 unspecified atom stereocenters. The lowest BCUT2D eigenvalue weighted by molar-refractivity contribution is 0.958. The lowest BCUT2D eigenvalue weighted by Gasteiger charge is -1.86. The highest BCUT2D eigenvalue weighted by atomic mass is 14.9. The summed E-state index contributed by atoms with van der Waals surface area (Å²) in [4.78, 5) is 6.95. The zero-order valence-electron chi connectivity index (χ0n) is 5.04. The largest absolute Gasteiger partial charge is 0.348 e. The quantitative estimate of drug-likeness (QED) is 0.561. The Labute approximate surface area is 53.3 Å². The van der Waals surface area contributed by atoms with Gasteiger partial charge in [-0.25, -0.2) is 4.98 Å². The van der Waals surface area contributed by atoms with Crippen molar-refractivity contribution in [2.45, 2.75) is 18.4 Å². The topological polar surface area (TPSA) is 54.7 Å². The van der Waals surface area contributed by atoms with E-state index in [1.165, 1.54) is 5.69 Å². The normalized spacial score (nSPS) is 32.6. The maximum absolute atomic E-state index is 5.61. The Morgan fingerprint density at radius 1 is 1.78 bits per heavy atom. The van der Waals surface area contributed by atoms with Gasteiger partial charge in [-0.05, 0) is 6.42 Å². The summed E-state index contributed by atoms with van der Waals surface area (Å²) in [5.74, 6) is 0.562. The van der Waals surface area contributed by atoms with Crippen molar-refractivity contribution in [2.75, 3.05) is 0 Å². The van der Waals surface area contributed by atoms with Gasteiger partial charge in [0.15, 0.2) is 0 Å². The smallest absolute Gasteiger partial charge is 0.0921 e. The van der Waals surface area contributed by atoms with Gasteiger partial charge in [-0.15, -0.1) is 0 Å². The molecule has 0 amide bonds. The van der Waals surface area contributed by atoms with E-state index in [1.807, 2.05) is 6.20 Å². The second-order valence-corrected chi connectivity index (χ2v) is 2.51. The van der Waals surface area contributed by atoms with Gasteiger partial charge in [0, 0.05) is 23.9 Å². The van der Waals surface area contributed by atoms with Crippen LogP contribution in [-0.2, 0) is 0 Å². The fraction of sp³-hybridized carbons (Fsp3) is 0.500. The summed E-state index contributed by atoms with van der Waals surface area (Å²) in [6, 6.07) is 0.380. The first-order chi connectivity index (χ1) is 4.38. The summed E-state index contributed by atoms with van der Waals surface area (Å²) < 4.78 is 0. The Morgan fingerprint density at radius 3 is 3.00 bits per heavy atom. The molecule has 48 valence electrons. The zero-order valence-corrected chi connectivity index (χ0v) is 5.04. The van der Waals surface area contributed by atoms with Gasteiger partial charge in [-0.1, -0.05) is 0 Å². The van der Waals surface area contributed by atoms with Crippen molar-refractivity contribution in [3.8, 4) is 0 Å². The minimum absolute atomic E-state index is 0.380. The number of H-pyrrole nitrogens is 1. The standard InChI is InChI=1S/C6H9N3/c7-5-1-4(5)6-2-8-3-9-6/h2-5H,1,7H2,(H,8,9)/t4-,5?/m0/s1. The number of aromatic nitrogens is 2. The number of nitrogens with one attached hydrogen (secondary N) is 1. The van der Waals surface area contributed by atoms with Crippen LogP contribution in [0.1, 0.15) is 18.0 Å². The maximum atomic E-state index is 5.61. The van der Waals surface area contributed by atoms with E-state index in [0.717, 1.165) is 6.42 Å². The molecule has 0 aromatic carbocycles. The molecule has 1 aromatic heterocycles. The summed E-state index contributed by atoms with van der Waals surface area (Å²) in [7, 11) is 0. The fourth-order valence-electron chi connectivity index (χ4n) is 1.04. The van der Waals surface area contributed by atoms with Crippen LogP contribution in [0.2, 0.25) is 0 Å². The van der Waals surface area contributed by atoms with Gasteiger partial charge in [0.1, 0.15) is 0 Å². The van der Waals surface area contributed by atoms with E-state index < -0.39 is 0 Å². The van der Waals surface area contributed by atoms with Crippen LogP contribution in [0.25, 0.3) is 0 Å². The molecule has 1 fully saturated rings. The number of hydrogen-bond donors (Lipinski definition) is 2. The number of nitrogens with zero attached hydrogens (tertiary/aromatic N) is 1. The molecule has 3 heteroatoms. The summed E-state index contributed by atoms with van der Waals surface area (Å²) in [6.45, 7) is 0. The molecule has 3 N–H and O–H groups in total. The Hall–Kier alpha value is -0.830. The van der Waals surface area contributed by atoms with Crippen LogP contribution in [-0.4, -0.2) is 16.0 Å². The van der Waals surface area contributed by atoms with Crippen molar-refractivity contribution < 1.29 is 0 Å².